The summed E-state index contributed by atoms with van der Waals surface area (Å²) in [4.78, 5) is 24.6. The summed E-state index contributed by atoms with van der Waals surface area (Å²) in [5.74, 6) is 0.0214. The molecule has 0 spiro atoms. The highest BCUT2D eigenvalue weighted by atomic mass is 16.6. The van der Waals surface area contributed by atoms with Crippen molar-refractivity contribution in [3.63, 3.8) is 0 Å². The van der Waals surface area contributed by atoms with Crippen LogP contribution in [-0.4, -0.2) is 51.7 Å². The Bertz CT molecular complexity index is 1040. The average Bonchev–Trinajstić information content (AvgIpc) is 2.91. The molecule has 0 aromatic heterocycles. The first kappa shape index (κ1) is 31.4. The summed E-state index contributed by atoms with van der Waals surface area (Å²) < 4.78 is 32.4. The van der Waals surface area contributed by atoms with E-state index >= 15 is 0 Å². The number of esters is 1. The van der Waals surface area contributed by atoms with Gasteiger partial charge in [-0.1, -0.05) is 18.7 Å². The van der Waals surface area contributed by atoms with Gasteiger partial charge in [-0.25, -0.2) is 9.59 Å². The minimum Gasteiger partial charge on any atom is -0.461 e. The van der Waals surface area contributed by atoms with E-state index in [0.717, 1.165) is 0 Å². The van der Waals surface area contributed by atoms with Crippen LogP contribution in [0.5, 0.6) is 11.5 Å². The van der Waals surface area contributed by atoms with Crippen LogP contribution in [0, 0.1) is 29.7 Å². The molecule has 0 aliphatic carbocycles. The topological polar surface area (TPSA) is 154 Å². The fourth-order valence-electron chi connectivity index (χ4n) is 2.78. The Morgan fingerprint density at radius 1 is 0.921 bits per heavy atom. The number of nitrogens with two attached hydrogens (primary N) is 2. The third-order valence-corrected chi connectivity index (χ3v) is 4.49. The third kappa shape index (κ3) is 12.4. The molecule has 0 saturated heterocycles. The molecule has 11 nitrogen and oxygen atoms in total. The van der Waals surface area contributed by atoms with Crippen LogP contribution in [0.1, 0.15) is 12.5 Å². The molecule has 38 heavy (non-hydrogen) atoms. The number of ether oxygens (including phenoxy) is 6. The van der Waals surface area contributed by atoms with Gasteiger partial charge in [-0.15, -0.1) is 13.2 Å². The van der Waals surface area contributed by atoms with Crippen molar-refractivity contribution in [1.82, 2.24) is 5.32 Å². The molecule has 0 bridgehead atoms. The van der Waals surface area contributed by atoms with Crippen LogP contribution in [0.15, 0.2) is 55.7 Å². The molecule has 0 atom stereocenters. The number of hydrogen-bond donors (Lipinski definition) is 3. The van der Waals surface area contributed by atoms with Crippen molar-refractivity contribution in [3.8, 4) is 35.8 Å². The van der Waals surface area contributed by atoms with Crippen LogP contribution in [0.3, 0.4) is 0 Å². The number of rotatable bonds is 17. The molecular weight excluding hydrogens is 494 g/mol. The van der Waals surface area contributed by atoms with Gasteiger partial charge in [0, 0.05) is 30.3 Å². The maximum Gasteiger partial charge on any atom is 0.407 e. The van der Waals surface area contributed by atoms with Gasteiger partial charge in [0.1, 0.15) is 36.9 Å². The number of nitrogens with one attached hydrogen (secondary N) is 1. The van der Waals surface area contributed by atoms with Crippen LogP contribution >= 0.6 is 0 Å². The smallest absolute Gasteiger partial charge is 0.407 e. The van der Waals surface area contributed by atoms with Crippen molar-refractivity contribution in [2.75, 3.05) is 39.6 Å². The van der Waals surface area contributed by atoms with E-state index in [4.69, 9.17) is 39.9 Å². The first-order valence-electron chi connectivity index (χ1n) is 11.3. The second-order valence-electron chi connectivity index (χ2n) is 7.90. The van der Waals surface area contributed by atoms with E-state index < -0.39 is 17.5 Å². The normalized spacial score (nSPS) is 9.92. The molecule has 1 aromatic rings. The van der Waals surface area contributed by atoms with Crippen molar-refractivity contribution >= 4 is 12.1 Å². The van der Waals surface area contributed by atoms with Gasteiger partial charge in [0.15, 0.2) is 0 Å². The summed E-state index contributed by atoms with van der Waals surface area (Å²) in [7, 11) is 0. The van der Waals surface area contributed by atoms with E-state index in [9.17, 15) is 9.59 Å². The van der Waals surface area contributed by atoms with Crippen LogP contribution < -0.4 is 26.3 Å². The summed E-state index contributed by atoms with van der Waals surface area (Å²) in [5.41, 5.74) is 10.1. The van der Waals surface area contributed by atoms with Gasteiger partial charge in [0.05, 0.1) is 31.8 Å². The number of amides is 1. The molecule has 0 fully saturated rings. The first-order chi connectivity index (χ1) is 18.3. The van der Waals surface area contributed by atoms with Crippen LogP contribution in [0.25, 0.3) is 0 Å². The fourth-order valence-corrected chi connectivity index (χ4v) is 2.78. The predicted octanol–water partition coefficient (Wildman–Crippen LogP) is 1.94. The predicted molar refractivity (Wildman–Crippen MR) is 140 cm³/mol. The van der Waals surface area contributed by atoms with Crippen LogP contribution in [0.4, 0.5) is 4.79 Å². The van der Waals surface area contributed by atoms with Crippen molar-refractivity contribution in [2.24, 2.45) is 16.9 Å². The number of carbonyl (C=O) groups excluding carboxylic acids is 2. The lowest BCUT2D eigenvalue weighted by Gasteiger charge is -2.32. The maximum atomic E-state index is 12.6. The molecule has 0 aliphatic heterocycles. The van der Waals surface area contributed by atoms with Crippen molar-refractivity contribution in [1.29, 1.82) is 0 Å². The Kier molecular flexibility index (Phi) is 14.7. The monoisotopic (exact) mass is 527 g/mol. The third-order valence-electron chi connectivity index (χ3n) is 4.49. The fraction of sp³-hybridized carbons (Fsp3) is 0.333. The van der Waals surface area contributed by atoms with Gasteiger partial charge < -0.3 is 45.2 Å². The summed E-state index contributed by atoms with van der Waals surface area (Å²) in [5, 5.41) is 2.63. The number of alkyl carbamates (subject to hydrolysis) is 1. The standard InChI is InChI=1S/C27H33N3O8/c1-5-9-33-17-27(18-34-10-6-2,19-37-25(31)21(3)4)20-38-26(32)30-16-22-13-23(35-11-7-28)15-24(14-22)36-12-8-29/h5-6,13-15H,1-3,9-10,16-20,28-29H2,4H3,(H,30,32). The Balaban J connectivity index is 2.96. The molecule has 0 saturated carbocycles. The summed E-state index contributed by atoms with van der Waals surface area (Å²) in [6, 6.07) is 8.98. The number of hydrogen-bond acceptors (Lipinski definition) is 10. The van der Waals surface area contributed by atoms with E-state index in [1.165, 1.54) is 13.0 Å². The summed E-state index contributed by atoms with van der Waals surface area (Å²) in [6.45, 7) is 12.6. The second kappa shape index (κ2) is 17.8. The Labute approximate surface area is 222 Å². The van der Waals surface area contributed by atoms with Gasteiger partial charge in [0.2, 0.25) is 0 Å². The molecule has 0 aliphatic rings. The van der Waals surface area contributed by atoms with E-state index in [0.29, 0.717) is 17.1 Å². The molecule has 1 aromatic carbocycles. The van der Waals surface area contributed by atoms with Crippen molar-refractivity contribution < 1.29 is 38.0 Å². The van der Waals surface area contributed by atoms with E-state index in [-0.39, 0.29) is 51.8 Å². The molecular formula is C27H33N3O8. The second-order valence-corrected chi connectivity index (χ2v) is 7.90. The Morgan fingerprint density at radius 3 is 1.92 bits per heavy atom. The van der Waals surface area contributed by atoms with Gasteiger partial charge in [-0.2, -0.15) is 0 Å². The Hall–Kier alpha value is -4.58. The van der Waals surface area contributed by atoms with Crippen molar-refractivity contribution in [3.05, 3.63) is 61.2 Å². The molecule has 1 amide bonds. The molecule has 204 valence electrons. The molecule has 1 rings (SSSR count). The van der Waals surface area contributed by atoms with Crippen LogP contribution in [0.2, 0.25) is 0 Å². The number of benzene rings is 1. The van der Waals surface area contributed by atoms with Gasteiger partial charge in [-0.05, 0) is 24.6 Å². The van der Waals surface area contributed by atoms with E-state index in [1.807, 2.05) is 0 Å². The minimum atomic E-state index is -1.01. The highest BCUT2D eigenvalue weighted by Crippen LogP contribution is 2.24. The summed E-state index contributed by atoms with van der Waals surface area (Å²) in [6.07, 6.45) is 6.92. The maximum absolute atomic E-state index is 12.6. The average molecular weight is 528 g/mol. The zero-order valence-electron chi connectivity index (χ0n) is 21.4. The molecule has 0 heterocycles. The van der Waals surface area contributed by atoms with Crippen molar-refractivity contribution in [2.45, 2.75) is 13.5 Å². The molecule has 11 heteroatoms. The molecule has 0 unspecified atom stereocenters. The zero-order valence-corrected chi connectivity index (χ0v) is 21.4. The lowest BCUT2D eigenvalue weighted by molar-refractivity contribution is -0.148. The SMILES string of the molecule is C=CCOCC(COCC=C)(COC(=O)NCc1cc(OC#CN)cc(OC#CN)c1)COC(=O)C(=C)C. The van der Waals surface area contributed by atoms with Gasteiger partial charge >= 0.3 is 12.1 Å². The molecule has 5 N–H and O–H groups in total. The van der Waals surface area contributed by atoms with Gasteiger partial charge in [-0.3, -0.25) is 0 Å². The van der Waals surface area contributed by atoms with E-state index in [1.54, 1.807) is 24.3 Å². The van der Waals surface area contributed by atoms with Gasteiger partial charge in [0.25, 0.3) is 0 Å². The molecule has 0 radical (unpaired) electrons. The quantitative estimate of drug-likeness (QED) is 0.0684. The minimum absolute atomic E-state index is 0.0378. The van der Waals surface area contributed by atoms with Crippen LogP contribution in [-0.2, 0) is 30.3 Å². The highest BCUT2D eigenvalue weighted by molar-refractivity contribution is 5.86. The largest absolute Gasteiger partial charge is 0.461 e. The Morgan fingerprint density at radius 2 is 1.45 bits per heavy atom. The number of carbonyl (C=O) groups is 2. The highest BCUT2D eigenvalue weighted by Gasteiger charge is 2.35. The lowest BCUT2D eigenvalue weighted by atomic mass is 9.92. The zero-order chi connectivity index (χ0) is 28.2. The first-order valence-corrected chi connectivity index (χ1v) is 11.3. The summed E-state index contributed by atoms with van der Waals surface area (Å²) >= 11 is 0. The lowest BCUT2D eigenvalue weighted by Crippen LogP contribution is -2.44. The van der Waals surface area contributed by atoms with E-state index in [2.05, 4.69) is 49.4 Å².